The maximum Gasteiger partial charge on any atom is 0.323 e. The number of nitrogens with one attached hydrogen (secondary N) is 2. The summed E-state index contributed by atoms with van der Waals surface area (Å²) < 4.78 is 5.05. The van der Waals surface area contributed by atoms with E-state index < -0.39 is 12.0 Å². The third-order valence-electron chi connectivity index (χ3n) is 1.36. The maximum atomic E-state index is 10.9. The fourth-order valence-electron chi connectivity index (χ4n) is 0.739. The van der Waals surface area contributed by atoms with Crippen molar-refractivity contribution in [3.05, 3.63) is 0 Å². The predicted octanol–water partition coefficient (Wildman–Crippen LogP) is -0.203. The second-order valence-electron chi connectivity index (χ2n) is 2.55. The van der Waals surface area contributed by atoms with Crippen molar-refractivity contribution in [1.82, 2.24) is 10.6 Å². The number of amides is 2. The molecule has 3 N–H and O–H groups in total. The van der Waals surface area contributed by atoms with Gasteiger partial charge in [-0.15, -0.1) is 0 Å². The quantitative estimate of drug-likeness (QED) is 0.501. The Labute approximate surface area is 82.6 Å². The highest BCUT2D eigenvalue weighted by atomic mass is 16.5. The third kappa shape index (κ3) is 8.79. The zero-order valence-corrected chi connectivity index (χ0v) is 8.21. The van der Waals surface area contributed by atoms with Crippen LogP contribution in [0.2, 0.25) is 0 Å². The summed E-state index contributed by atoms with van der Waals surface area (Å²) in [4.78, 5) is 20.9. The van der Waals surface area contributed by atoms with Crippen molar-refractivity contribution in [3.63, 3.8) is 0 Å². The summed E-state index contributed by atoms with van der Waals surface area (Å²) in [7, 11) is 0. The zero-order chi connectivity index (χ0) is 10.8. The van der Waals surface area contributed by atoms with Gasteiger partial charge < -0.3 is 20.5 Å². The van der Waals surface area contributed by atoms with Gasteiger partial charge in [-0.25, -0.2) is 4.79 Å². The van der Waals surface area contributed by atoms with Crippen LogP contribution in [0.3, 0.4) is 0 Å². The highest BCUT2D eigenvalue weighted by Gasteiger charge is 2.01. The molecule has 0 saturated carbocycles. The number of carbonyl (C=O) groups is 2. The van der Waals surface area contributed by atoms with Gasteiger partial charge in [-0.1, -0.05) is 0 Å². The van der Waals surface area contributed by atoms with Gasteiger partial charge in [0.2, 0.25) is 0 Å². The minimum atomic E-state index is -1.06. The lowest BCUT2D eigenvalue weighted by Gasteiger charge is -2.05. The Morgan fingerprint density at radius 1 is 1.36 bits per heavy atom. The molecule has 0 saturated heterocycles. The van der Waals surface area contributed by atoms with Crippen LogP contribution in [-0.4, -0.2) is 43.4 Å². The number of urea groups is 1. The van der Waals surface area contributed by atoms with Crippen molar-refractivity contribution in [2.45, 2.75) is 13.3 Å². The Morgan fingerprint density at radius 2 is 2.07 bits per heavy atom. The molecule has 0 aromatic rings. The molecule has 6 nitrogen and oxygen atoms in total. The minimum absolute atomic E-state index is 0.364. The van der Waals surface area contributed by atoms with Crippen LogP contribution in [0.15, 0.2) is 0 Å². The topological polar surface area (TPSA) is 87.7 Å². The molecule has 0 radical (unpaired) electrons. The molecule has 0 fully saturated rings. The first-order chi connectivity index (χ1) is 6.66. The monoisotopic (exact) mass is 204 g/mol. The minimum Gasteiger partial charge on any atom is -0.480 e. The van der Waals surface area contributed by atoms with Crippen molar-refractivity contribution in [2.75, 3.05) is 26.3 Å². The second kappa shape index (κ2) is 8.31. The van der Waals surface area contributed by atoms with E-state index in [1.165, 1.54) is 0 Å². The van der Waals surface area contributed by atoms with E-state index in [0.717, 1.165) is 0 Å². The average Bonchev–Trinajstić information content (AvgIpc) is 2.14. The molecule has 0 bridgehead atoms. The van der Waals surface area contributed by atoms with E-state index in [-0.39, 0.29) is 6.54 Å². The fraction of sp³-hybridized carbons (Fsp3) is 0.750. The first-order valence-corrected chi connectivity index (χ1v) is 4.48. The Bertz CT molecular complexity index is 184. The molecule has 0 aromatic heterocycles. The summed E-state index contributed by atoms with van der Waals surface area (Å²) in [6, 6.07) is -0.469. The molecule has 0 unspecified atom stereocenters. The van der Waals surface area contributed by atoms with Gasteiger partial charge in [-0.05, 0) is 13.3 Å². The summed E-state index contributed by atoms with van der Waals surface area (Å²) in [6.45, 7) is 3.26. The van der Waals surface area contributed by atoms with Crippen molar-refractivity contribution in [3.8, 4) is 0 Å². The first kappa shape index (κ1) is 12.7. The number of hydrogen-bond acceptors (Lipinski definition) is 3. The lowest BCUT2D eigenvalue weighted by Crippen LogP contribution is -2.39. The van der Waals surface area contributed by atoms with Gasteiger partial charge in [-0.2, -0.15) is 0 Å². The molecule has 0 heterocycles. The van der Waals surface area contributed by atoms with E-state index >= 15 is 0 Å². The van der Waals surface area contributed by atoms with E-state index in [0.29, 0.717) is 26.2 Å². The Balaban J connectivity index is 3.22. The smallest absolute Gasteiger partial charge is 0.323 e. The number of carboxylic acid groups (broad SMARTS) is 1. The summed E-state index contributed by atoms with van der Waals surface area (Å²) in [5.41, 5.74) is 0. The van der Waals surface area contributed by atoms with Crippen molar-refractivity contribution >= 4 is 12.0 Å². The standard InChI is InChI=1S/C8H16N2O4/c1-2-14-5-3-4-9-8(13)10-6-7(11)12/h2-6H2,1H3,(H,11,12)(H2,9,10,13). The summed E-state index contributed by atoms with van der Waals surface area (Å²) in [6.07, 6.45) is 0.717. The molecule has 0 rings (SSSR count). The molecule has 14 heavy (non-hydrogen) atoms. The number of aliphatic carboxylic acids is 1. The number of rotatable bonds is 7. The maximum absolute atomic E-state index is 10.9. The molecule has 0 aliphatic rings. The molecule has 0 aliphatic heterocycles. The van der Waals surface area contributed by atoms with Crippen LogP contribution >= 0.6 is 0 Å². The largest absolute Gasteiger partial charge is 0.480 e. The Morgan fingerprint density at radius 3 is 2.64 bits per heavy atom. The highest BCUT2D eigenvalue weighted by molar-refractivity contribution is 5.79. The summed E-state index contributed by atoms with van der Waals surface area (Å²) in [5, 5.41) is 12.9. The van der Waals surface area contributed by atoms with Crippen LogP contribution in [0.1, 0.15) is 13.3 Å². The normalized spacial score (nSPS) is 9.50. The van der Waals surface area contributed by atoms with E-state index in [1.54, 1.807) is 0 Å². The highest BCUT2D eigenvalue weighted by Crippen LogP contribution is 1.79. The van der Waals surface area contributed by atoms with Gasteiger partial charge in [0, 0.05) is 19.8 Å². The molecule has 0 aromatic carbocycles. The van der Waals surface area contributed by atoms with Crippen LogP contribution in [-0.2, 0) is 9.53 Å². The van der Waals surface area contributed by atoms with Crippen LogP contribution < -0.4 is 10.6 Å². The second-order valence-corrected chi connectivity index (χ2v) is 2.55. The van der Waals surface area contributed by atoms with Gasteiger partial charge in [0.25, 0.3) is 0 Å². The number of carboxylic acids is 1. The number of hydrogen-bond donors (Lipinski definition) is 3. The van der Waals surface area contributed by atoms with Crippen molar-refractivity contribution in [1.29, 1.82) is 0 Å². The van der Waals surface area contributed by atoms with Crippen LogP contribution in [0, 0.1) is 0 Å². The Hall–Kier alpha value is -1.30. The lowest BCUT2D eigenvalue weighted by atomic mass is 10.4. The molecule has 0 spiro atoms. The average molecular weight is 204 g/mol. The number of ether oxygens (including phenoxy) is 1. The fourth-order valence-corrected chi connectivity index (χ4v) is 0.739. The van der Waals surface area contributed by atoms with Crippen LogP contribution in [0.5, 0.6) is 0 Å². The molecule has 0 aliphatic carbocycles. The van der Waals surface area contributed by atoms with Gasteiger partial charge in [0.15, 0.2) is 0 Å². The Kier molecular flexibility index (Phi) is 7.53. The number of carbonyl (C=O) groups excluding carboxylic acids is 1. The van der Waals surface area contributed by atoms with Gasteiger partial charge in [-0.3, -0.25) is 4.79 Å². The van der Waals surface area contributed by atoms with E-state index in [2.05, 4.69) is 10.6 Å². The first-order valence-electron chi connectivity index (χ1n) is 4.48. The van der Waals surface area contributed by atoms with E-state index in [9.17, 15) is 9.59 Å². The molecular formula is C8H16N2O4. The predicted molar refractivity (Wildman–Crippen MR) is 50.1 cm³/mol. The lowest BCUT2D eigenvalue weighted by molar-refractivity contribution is -0.135. The molecule has 6 heteroatoms. The van der Waals surface area contributed by atoms with Gasteiger partial charge >= 0.3 is 12.0 Å². The molecule has 82 valence electrons. The molecule has 0 atom stereocenters. The van der Waals surface area contributed by atoms with E-state index in [1.807, 2.05) is 6.92 Å². The summed E-state index contributed by atoms with van der Waals surface area (Å²) in [5.74, 6) is -1.06. The van der Waals surface area contributed by atoms with Gasteiger partial charge in [0.1, 0.15) is 6.54 Å². The SMILES string of the molecule is CCOCCCNC(=O)NCC(=O)O. The summed E-state index contributed by atoms with van der Waals surface area (Å²) >= 11 is 0. The zero-order valence-electron chi connectivity index (χ0n) is 8.21. The van der Waals surface area contributed by atoms with Crippen molar-refractivity contribution in [2.24, 2.45) is 0 Å². The third-order valence-corrected chi connectivity index (χ3v) is 1.36. The van der Waals surface area contributed by atoms with Crippen LogP contribution in [0.4, 0.5) is 4.79 Å². The molecule has 2 amide bonds. The molecular weight excluding hydrogens is 188 g/mol. The van der Waals surface area contributed by atoms with Gasteiger partial charge in [0.05, 0.1) is 0 Å². The van der Waals surface area contributed by atoms with Crippen molar-refractivity contribution < 1.29 is 19.4 Å². The van der Waals surface area contributed by atoms with E-state index in [4.69, 9.17) is 9.84 Å². The van der Waals surface area contributed by atoms with Crippen LogP contribution in [0.25, 0.3) is 0 Å².